The highest BCUT2D eigenvalue weighted by molar-refractivity contribution is 7.89. The fourth-order valence-corrected chi connectivity index (χ4v) is 3.45. The molecule has 1 aromatic heterocycles. The van der Waals surface area contributed by atoms with Crippen LogP contribution in [0.15, 0.2) is 28.5 Å². The molecule has 0 N–H and O–H groups in total. The lowest BCUT2D eigenvalue weighted by Crippen LogP contribution is -2.23. The minimum absolute atomic E-state index is 0.00743. The van der Waals surface area contributed by atoms with Crippen LogP contribution in [0, 0.1) is 0 Å². The molecule has 1 aromatic rings. The summed E-state index contributed by atoms with van der Waals surface area (Å²) in [5.41, 5.74) is 0. The SMILES string of the molecule is CCC=CCOC(=O)c1sccc1S(=O)(=O)N(C)C. The van der Waals surface area contributed by atoms with E-state index >= 15 is 0 Å². The number of ether oxygens (including phenoxy) is 1. The first-order chi connectivity index (χ1) is 8.91. The minimum atomic E-state index is -3.62. The summed E-state index contributed by atoms with van der Waals surface area (Å²) in [5, 5.41) is 1.56. The summed E-state index contributed by atoms with van der Waals surface area (Å²) in [7, 11) is -0.774. The van der Waals surface area contributed by atoms with Gasteiger partial charge < -0.3 is 4.74 Å². The molecule has 0 atom stereocenters. The summed E-state index contributed by atoms with van der Waals surface area (Å²) in [5.74, 6) is -0.615. The zero-order valence-electron chi connectivity index (χ0n) is 11.1. The van der Waals surface area contributed by atoms with Crippen molar-refractivity contribution in [2.45, 2.75) is 18.2 Å². The van der Waals surface area contributed by atoms with Gasteiger partial charge in [0.1, 0.15) is 16.4 Å². The highest BCUT2D eigenvalue weighted by Crippen LogP contribution is 2.24. The summed E-state index contributed by atoms with van der Waals surface area (Å²) in [6.45, 7) is 2.12. The monoisotopic (exact) mass is 303 g/mol. The number of hydrogen-bond donors (Lipinski definition) is 0. The highest BCUT2D eigenvalue weighted by Gasteiger charge is 2.26. The molecule has 106 valence electrons. The number of rotatable bonds is 6. The number of thiophene rings is 1. The molecule has 0 saturated carbocycles. The smallest absolute Gasteiger partial charge is 0.350 e. The Hall–Kier alpha value is -1.18. The van der Waals surface area contributed by atoms with Crippen molar-refractivity contribution in [1.29, 1.82) is 0 Å². The van der Waals surface area contributed by atoms with Crippen molar-refractivity contribution >= 4 is 27.3 Å². The number of allylic oxidation sites excluding steroid dienone is 1. The van der Waals surface area contributed by atoms with E-state index in [1.54, 1.807) is 11.5 Å². The van der Waals surface area contributed by atoms with Gasteiger partial charge in [0, 0.05) is 14.1 Å². The Morgan fingerprint density at radius 3 is 2.68 bits per heavy atom. The van der Waals surface area contributed by atoms with Crippen LogP contribution in [0.5, 0.6) is 0 Å². The zero-order valence-corrected chi connectivity index (χ0v) is 12.8. The molecule has 0 radical (unpaired) electrons. The number of carbonyl (C=O) groups excluding carboxylic acids is 1. The summed E-state index contributed by atoms with van der Waals surface area (Å²) in [4.78, 5) is 11.9. The first-order valence-corrected chi connectivity index (χ1v) is 8.05. The van der Waals surface area contributed by atoms with Gasteiger partial charge in [-0.15, -0.1) is 11.3 Å². The van der Waals surface area contributed by atoms with Crippen LogP contribution in [0.1, 0.15) is 23.0 Å². The molecule has 0 aromatic carbocycles. The van der Waals surface area contributed by atoms with Crippen LogP contribution in [0.4, 0.5) is 0 Å². The standard InChI is InChI=1S/C12H17NO4S2/c1-4-5-6-8-17-12(14)11-10(7-9-18-11)19(15,16)13(2)3/h5-7,9H,4,8H2,1-3H3. The van der Waals surface area contributed by atoms with Gasteiger partial charge in [-0.3, -0.25) is 0 Å². The van der Waals surface area contributed by atoms with Crippen LogP contribution in [0.3, 0.4) is 0 Å². The lowest BCUT2D eigenvalue weighted by molar-refractivity contribution is 0.0551. The number of nitrogens with zero attached hydrogens (tertiary/aromatic N) is 1. The van der Waals surface area contributed by atoms with Gasteiger partial charge in [-0.25, -0.2) is 17.5 Å². The van der Waals surface area contributed by atoms with Crippen molar-refractivity contribution in [2.75, 3.05) is 20.7 Å². The van der Waals surface area contributed by atoms with E-state index in [0.717, 1.165) is 22.1 Å². The molecule has 0 bridgehead atoms. The van der Waals surface area contributed by atoms with Crippen molar-refractivity contribution in [1.82, 2.24) is 4.31 Å². The maximum atomic E-state index is 12.0. The molecule has 0 amide bonds. The van der Waals surface area contributed by atoms with Crippen LogP contribution in [-0.4, -0.2) is 39.4 Å². The summed E-state index contributed by atoms with van der Waals surface area (Å²) in [6.07, 6.45) is 4.46. The maximum Gasteiger partial charge on any atom is 0.350 e. The van der Waals surface area contributed by atoms with Gasteiger partial charge in [0.05, 0.1) is 0 Å². The van der Waals surface area contributed by atoms with E-state index in [4.69, 9.17) is 4.74 Å². The molecule has 0 unspecified atom stereocenters. The predicted molar refractivity (Wildman–Crippen MR) is 74.9 cm³/mol. The normalized spacial score (nSPS) is 12.2. The topological polar surface area (TPSA) is 63.7 Å². The Bertz CT molecular complexity index is 558. The van der Waals surface area contributed by atoms with Crippen LogP contribution in [0.2, 0.25) is 0 Å². The van der Waals surface area contributed by atoms with Crippen molar-refractivity contribution in [2.24, 2.45) is 0 Å². The van der Waals surface area contributed by atoms with E-state index in [-0.39, 0.29) is 16.4 Å². The van der Waals surface area contributed by atoms with E-state index in [0.29, 0.717) is 0 Å². The van der Waals surface area contributed by atoms with Gasteiger partial charge in [0.25, 0.3) is 0 Å². The third-order valence-corrected chi connectivity index (χ3v) is 5.17. The lowest BCUT2D eigenvalue weighted by Gasteiger charge is -2.11. The van der Waals surface area contributed by atoms with Gasteiger partial charge in [-0.1, -0.05) is 19.1 Å². The molecule has 19 heavy (non-hydrogen) atoms. The Morgan fingerprint density at radius 2 is 2.11 bits per heavy atom. The van der Waals surface area contributed by atoms with Crippen molar-refractivity contribution in [3.05, 3.63) is 28.5 Å². The van der Waals surface area contributed by atoms with Crippen molar-refractivity contribution in [3.63, 3.8) is 0 Å². The minimum Gasteiger partial charge on any atom is -0.457 e. The predicted octanol–water partition coefficient (Wildman–Crippen LogP) is 2.12. The number of esters is 1. The molecule has 0 aliphatic rings. The Kier molecular flexibility index (Phi) is 5.71. The maximum absolute atomic E-state index is 12.0. The molecule has 7 heteroatoms. The van der Waals surface area contributed by atoms with Gasteiger partial charge in [-0.2, -0.15) is 0 Å². The van der Waals surface area contributed by atoms with Crippen molar-refractivity contribution < 1.29 is 17.9 Å². The largest absolute Gasteiger partial charge is 0.457 e. The second-order valence-corrected chi connectivity index (χ2v) is 6.92. The van der Waals surface area contributed by atoms with Gasteiger partial charge >= 0.3 is 5.97 Å². The molecule has 0 saturated heterocycles. The number of carbonyl (C=O) groups is 1. The van der Waals surface area contributed by atoms with E-state index in [2.05, 4.69) is 0 Å². The van der Waals surface area contributed by atoms with Crippen LogP contribution >= 0.6 is 11.3 Å². The average molecular weight is 303 g/mol. The first-order valence-electron chi connectivity index (χ1n) is 5.73. The zero-order chi connectivity index (χ0) is 14.5. The van der Waals surface area contributed by atoms with E-state index in [1.165, 1.54) is 20.2 Å². The molecule has 0 aliphatic heterocycles. The third kappa shape index (κ3) is 3.89. The second kappa shape index (κ2) is 6.83. The molecule has 0 spiro atoms. The Morgan fingerprint density at radius 1 is 1.42 bits per heavy atom. The van der Waals surface area contributed by atoms with Gasteiger partial charge in [0.15, 0.2) is 0 Å². The average Bonchev–Trinajstić information content (AvgIpc) is 2.84. The molecule has 1 heterocycles. The molecular formula is C12H17NO4S2. The summed E-state index contributed by atoms with van der Waals surface area (Å²) >= 11 is 1.06. The number of sulfonamides is 1. The third-order valence-electron chi connectivity index (χ3n) is 2.29. The Balaban J connectivity index is 2.89. The quantitative estimate of drug-likeness (QED) is 0.596. The van der Waals surface area contributed by atoms with Crippen LogP contribution in [0.25, 0.3) is 0 Å². The molecule has 1 rings (SSSR count). The van der Waals surface area contributed by atoms with Crippen LogP contribution in [-0.2, 0) is 14.8 Å². The molecule has 0 fully saturated rings. The van der Waals surface area contributed by atoms with Crippen molar-refractivity contribution in [3.8, 4) is 0 Å². The first kappa shape index (κ1) is 15.9. The van der Waals surface area contributed by atoms with E-state index in [9.17, 15) is 13.2 Å². The lowest BCUT2D eigenvalue weighted by atomic mass is 10.4. The van der Waals surface area contributed by atoms with Gasteiger partial charge in [0.2, 0.25) is 10.0 Å². The fourth-order valence-electron chi connectivity index (χ4n) is 1.27. The molecular weight excluding hydrogens is 286 g/mol. The van der Waals surface area contributed by atoms with Crippen LogP contribution < -0.4 is 0 Å². The van der Waals surface area contributed by atoms with E-state index in [1.807, 2.05) is 13.0 Å². The number of hydrogen-bond acceptors (Lipinski definition) is 5. The summed E-state index contributed by atoms with van der Waals surface area (Å²) in [6, 6.07) is 1.42. The molecule has 5 nitrogen and oxygen atoms in total. The molecule has 0 aliphatic carbocycles. The van der Waals surface area contributed by atoms with E-state index < -0.39 is 16.0 Å². The fraction of sp³-hybridized carbons (Fsp3) is 0.417. The second-order valence-electron chi connectivity index (χ2n) is 3.88. The Labute approximate surface area is 117 Å². The van der Waals surface area contributed by atoms with Gasteiger partial charge in [-0.05, 0) is 17.9 Å². The summed E-state index contributed by atoms with van der Waals surface area (Å²) < 4.78 is 30.1. The highest BCUT2D eigenvalue weighted by atomic mass is 32.2.